The number of carbonyl (C=O) groups excluding carboxylic acids is 1. The summed E-state index contributed by atoms with van der Waals surface area (Å²) in [7, 11) is 0. The number of ether oxygens (including phenoxy) is 1. The van der Waals surface area contributed by atoms with Gasteiger partial charge in [0.25, 0.3) is 5.91 Å². The van der Waals surface area contributed by atoms with Crippen LogP contribution < -0.4 is 5.32 Å². The molecule has 2 heterocycles. The van der Waals surface area contributed by atoms with Gasteiger partial charge in [-0.3, -0.25) is 9.59 Å². The highest BCUT2D eigenvalue weighted by molar-refractivity contribution is 5.95. The molecular formula is C19H21N3O4. The lowest BCUT2D eigenvalue weighted by Crippen LogP contribution is -2.50. The molecule has 2 aromatic rings. The lowest BCUT2D eigenvalue weighted by molar-refractivity contribution is -0.138. The Kier molecular flexibility index (Phi) is 4.24. The molecule has 1 aliphatic carbocycles. The topological polar surface area (TPSA) is 93.5 Å². The van der Waals surface area contributed by atoms with E-state index in [-0.39, 0.29) is 18.9 Å². The van der Waals surface area contributed by atoms with Crippen molar-refractivity contribution in [1.82, 2.24) is 15.1 Å². The summed E-state index contributed by atoms with van der Waals surface area (Å²) in [5.74, 6) is -1.26. The molecule has 1 fully saturated rings. The fraction of sp³-hybridized carbons (Fsp3) is 0.421. The number of fused-ring (bicyclic) bond motifs is 1. The van der Waals surface area contributed by atoms with Gasteiger partial charge in [0.2, 0.25) is 0 Å². The number of amides is 1. The minimum Gasteiger partial charge on any atom is -0.481 e. The lowest BCUT2D eigenvalue weighted by Gasteiger charge is -2.26. The molecule has 2 N–H and O–H groups in total. The van der Waals surface area contributed by atoms with Gasteiger partial charge in [0.15, 0.2) is 5.69 Å². The van der Waals surface area contributed by atoms with Crippen LogP contribution in [0.25, 0.3) is 5.69 Å². The number of carbonyl (C=O) groups is 2. The Morgan fingerprint density at radius 2 is 2.08 bits per heavy atom. The first-order valence-electron chi connectivity index (χ1n) is 8.86. The number of carboxylic acid groups (broad SMARTS) is 1. The summed E-state index contributed by atoms with van der Waals surface area (Å²) in [5, 5.41) is 16.7. The summed E-state index contributed by atoms with van der Waals surface area (Å²) in [4.78, 5) is 24.2. The summed E-state index contributed by atoms with van der Waals surface area (Å²) >= 11 is 0. The molecule has 1 aromatic carbocycles. The van der Waals surface area contributed by atoms with Crippen molar-refractivity contribution in [3.8, 4) is 5.69 Å². The molecule has 1 aliphatic heterocycles. The third-order valence-electron chi connectivity index (χ3n) is 5.12. The predicted octanol–water partition coefficient (Wildman–Crippen LogP) is 1.72. The molecule has 7 heteroatoms. The van der Waals surface area contributed by atoms with Crippen molar-refractivity contribution in [1.29, 1.82) is 0 Å². The smallest absolute Gasteiger partial charge is 0.305 e. The zero-order chi connectivity index (χ0) is 18.1. The maximum Gasteiger partial charge on any atom is 0.305 e. The van der Waals surface area contributed by atoms with Crippen molar-refractivity contribution < 1.29 is 19.4 Å². The molecule has 1 unspecified atom stereocenters. The van der Waals surface area contributed by atoms with Gasteiger partial charge >= 0.3 is 5.97 Å². The van der Waals surface area contributed by atoms with Crippen molar-refractivity contribution in [3.05, 3.63) is 47.3 Å². The SMILES string of the molecule is O=C(O)CC1(NC(=O)c2nn(-c3ccccc3)c3c2CCC3)CCOC1. The Morgan fingerprint density at radius 3 is 2.77 bits per heavy atom. The average molecular weight is 355 g/mol. The molecule has 1 atom stereocenters. The first-order chi connectivity index (χ1) is 12.6. The van der Waals surface area contributed by atoms with Gasteiger partial charge in [0.05, 0.1) is 24.3 Å². The van der Waals surface area contributed by atoms with Gasteiger partial charge in [-0.25, -0.2) is 4.68 Å². The van der Waals surface area contributed by atoms with E-state index in [9.17, 15) is 14.7 Å². The molecule has 4 rings (SSSR count). The number of benzene rings is 1. The third kappa shape index (κ3) is 2.99. The highest BCUT2D eigenvalue weighted by atomic mass is 16.5. The molecule has 1 saturated heterocycles. The quantitative estimate of drug-likeness (QED) is 0.852. The van der Waals surface area contributed by atoms with Crippen LogP contribution in [0, 0.1) is 0 Å². The highest BCUT2D eigenvalue weighted by Crippen LogP contribution is 2.29. The van der Waals surface area contributed by atoms with E-state index in [1.807, 2.05) is 35.0 Å². The molecule has 1 amide bonds. The molecule has 26 heavy (non-hydrogen) atoms. The second-order valence-electron chi connectivity index (χ2n) is 6.98. The number of nitrogens with one attached hydrogen (secondary N) is 1. The minimum absolute atomic E-state index is 0.152. The van der Waals surface area contributed by atoms with Gasteiger partial charge < -0.3 is 15.2 Å². The minimum atomic E-state index is -0.948. The number of carboxylic acids is 1. The van der Waals surface area contributed by atoms with Crippen LogP contribution in [0.2, 0.25) is 0 Å². The zero-order valence-electron chi connectivity index (χ0n) is 14.4. The number of aliphatic carboxylic acids is 1. The molecular weight excluding hydrogens is 334 g/mol. The van der Waals surface area contributed by atoms with E-state index in [2.05, 4.69) is 10.4 Å². The Balaban J connectivity index is 1.66. The van der Waals surface area contributed by atoms with Gasteiger partial charge in [-0.1, -0.05) is 18.2 Å². The van der Waals surface area contributed by atoms with Gasteiger partial charge in [-0.2, -0.15) is 5.10 Å². The van der Waals surface area contributed by atoms with Crippen LogP contribution in [-0.2, 0) is 22.4 Å². The Bertz CT molecular complexity index is 838. The predicted molar refractivity (Wildman–Crippen MR) is 93.5 cm³/mol. The highest BCUT2D eigenvalue weighted by Gasteiger charge is 2.40. The van der Waals surface area contributed by atoms with Crippen molar-refractivity contribution in [2.24, 2.45) is 0 Å². The van der Waals surface area contributed by atoms with Crippen LogP contribution in [0.5, 0.6) is 0 Å². The van der Waals surface area contributed by atoms with Crippen LogP contribution in [-0.4, -0.2) is 45.5 Å². The number of hydrogen-bond acceptors (Lipinski definition) is 4. The second kappa shape index (κ2) is 6.57. The number of aromatic nitrogens is 2. The number of rotatable bonds is 5. The van der Waals surface area contributed by atoms with Crippen molar-refractivity contribution in [2.45, 2.75) is 37.6 Å². The molecule has 1 aromatic heterocycles. The third-order valence-corrected chi connectivity index (χ3v) is 5.12. The van der Waals surface area contributed by atoms with Crippen molar-refractivity contribution in [2.75, 3.05) is 13.2 Å². The fourth-order valence-corrected chi connectivity index (χ4v) is 3.88. The molecule has 0 saturated carbocycles. The van der Waals surface area contributed by atoms with E-state index >= 15 is 0 Å². The fourth-order valence-electron chi connectivity index (χ4n) is 3.88. The maximum atomic E-state index is 13.0. The Hall–Kier alpha value is -2.67. The molecule has 0 radical (unpaired) electrons. The summed E-state index contributed by atoms with van der Waals surface area (Å²) in [6, 6.07) is 9.75. The molecule has 2 aliphatic rings. The Labute approximate surface area is 151 Å². The van der Waals surface area contributed by atoms with E-state index < -0.39 is 11.5 Å². The molecule has 7 nitrogen and oxygen atoms in total. The largest absolute Gasteiger partial charge is 0.481 e. The standard InChI is InChI=1S/C19H21N3O4/c23-16(24)11-19(9-10-26-12-19)20-18(25)17-14-7-4-8-15(14)22(21-17)13-5-2-1-3-6-13/h1-3,5-6H,4,7-12H2,(H,20,25)(H,23,24). The van der Waals surface area contributed by atoms with E-state index in [0.29, 0.717) is 18.7 Å². The normalized spacial score (nSPS) is 21.5. The number of hydrogen-bond donors (Lipinski definition) is 2. The lowest BCUT2D eigenvalue weighted by atomic mass is 9.94. The molecule has 0 spiro atoms. The van der Waals surface area contributed by atoms with Crippen LogP contribution in [0.15, 0.2) is 30.3 Å². The number of para-hydroxylation sites is 1. The average Bonchev–Trinajstić information content (AvgIpc) is 3.31. The summed E-state index contributed by atoms with van der Waals surface area (Å²) in [6.07, 6.45) is 3.03. The summed E-state index contributed by atoms with van der Waals surface area (Å²) in [6.45, 7) is 0.663. The first-order valence-corrected chi connectivity index (χ1v) is 8.86. The van der Waals surface area contributed by atoms with Gasteiger partial charge in [0.1, 0.15) is 0 Å². The van der Waals surface area contributed by atoms with Crippen molar-refractivity contribution >= 4 is 11.9 Å². The van der Waals surface area contributed by atoms with Crippen LogP contribution in [0.1, 0.15) is 41.0 Å². The maximum absolute atomic E-state index is 13.0. The van der Waals surface area contributed by atoms with Crippen LogP contribution in [0.4, 0.5) is 0 Å². The van der Waals surface area contributed by atoms with Crippen molar-refractivity contribution in [3.63, 3.8) is 0 Å². The molecule has 0 bridgehead atoms. The molecule has 136 valence electrons. The monoisotopic (exact) mass is 355 g/mol. The van der Waals surface area contributed by atoms with E-state index in [4.69, 9.17) is 4.74 Å². The van der Waals surface area contributed by atoms with E-state index in [1.165, 1.54) is 0 Å². The van der Waals surface area contributed by atoms with E-state index in [1.54, 1.807) is 0 Å². The number of nitrogens with zero attached hydrogens (tertiary/aromatic N) is 2. The summed E-state index contributed by atoms with van der Waals surface area (Å²) in [5.41, 5.74) is 2.50. The second-order valence-corrected chi connectivity index (χ2v) is 6.98. The van der Waals surface area contributed by atoms with Crippen LogP contribution in [0.3, 0.4) is 0 Å². The van der Waals surface area contributed by atoms with Crippen LogP contribution >= 0.6 is 0 Å². The Morgan fingerprint density at radius 1 is 1.27 bits per heavy atom. The summed E-state index contributed by atoms with van der Waals surface area (Å²) < 4.78 is 7.20. The van der Waals surface area contributed by atoms with Gasteiger partial charge in [-0.15, -0.1) is 0 Å². The first kappa shape index (κ1) is 16.8. The van der Waals surface area contributed by atoms with Gasteiger partial charge in [-0.05, 0) is 37.8 Å². The zero-order valence-corrected chi connectivity index (χ0v) is 14.4. The van der Waals surface area contributed by atoms with E-state index in [0.717, 1.165) is 36.2 Å². The van der Waals surface area contributed by atoms with Gasteiger partial charge in [0, 0.05) is 17.9 Å².